The summed E-state index contributed by atoms with van der Waals surface area (Å²) in [6.45, 7) is 8.71. The standard InChI is InChI=1S/C29H32O7/c1-17(2)7-6-8-18(3)9-14-23-26(35-20(5)31)16-27-28(29(23)33)24(32)15-25(36-27)21-10-12-22(13-11-21)34-19(4)30/h7,9-13,16,25,33H,6,8,14-15H2,1-5H3/b18-9+. The van der Waals surface area contributed by atoms with Crippen molar-refractivity contribution >= 4 is 17.7 Å². The zero-order valence-corrected chi connectivity index (χ0v) is 21.3. The van der Waals surface area contributed by atoms with Crippen molar-refractivity contribution in [3.63, 3.8) is 0 Å². The number of allylic oxidation sites excluding steroid dienone is 4. The highest BCUT2D eigenvalue weighted by Gasteiger charge is 2.33. The van der Waals surface area contributed by atoms with Gasteiger partial charge >= 0.3 is 11.9 Å². The number of hydrogen-bond donors (Lipinski definition) is 1. The minimum atomic E-state index is -0.607. The summed E-state index contributed by atoms with van der Waals surface area (Å²) < 4.78 is 16.5. The first kappa shape index (κ1) is 26.7. The van der Waals surface area contributed by atoms with Crippen LogP contribution in [0.2, 0.25) is 0 Å². The lowest BCUT2D eigenvalue weighted by molar-refractivity contribution is -0.132. The van der Waals surface area contributed by atoms with Crippen LogP contribution in [-0.2, 0) is 16.0 Å². The molecule has 1 N–H and O–H groups in total. The summed E-state index contributed by atoms with van der Waals surface area (Å²) in [7, 11) is 0. The number of hydrogen-bond acceptors (Lipinski definition) is 7. The highest BCUT2D eigenvalue weighted by molar-refractivity contribution is 6.03. The Morgan fingerprint density at radius 1 is 1.03 bits per heavy atom. The lowest BCUT2D eigenvalue weighted by Gasteiger charge is -2.27. The molecule has 7 nitrogen and oxygen atoms in total. The van der Waals surface area contributed by atoms with Crippen LogP contribution in [0.1, 0.15) is 81.5 Å². The summed E-state index contributed by atoms with van der Waals surface area (Å²) >= 11 is 0. The van der Waals surface area contributed by atoms with Crippen molar-refractivity contribution < 1.29 is 33.7 Å². The lowest BCUT2D eigenvalue weighted by atomic mass is 9.92. The highest BCUT2D eigenvalue weighted by Crippen LogP contribution is 2.45. The maximum absolute atomic E-state index is 13.1. The summed E-state index contributed by atoms with van der Waals surface area (Å²) in [5, 5.41) is 11.1. The first-order valence-electron chi connectivity index (χ1n) is 11.9. The topological polar surface area (TPSA) is 99.1 Å². The third-order valence-electron chi connectivity index (χ3n) is 5.76. The number of phenols is 1. The second kappa shape index (κ2) is 11.7. The first-order valence-corrected chi connectivity index (χ1v) is 11.9. The van der Waals surface area contributed by atoms with Crippen LogP contribution in [0.5, 0.6) is 23.0 Å². The molecule has 190 valence electrons. The van der Waals surface area contributed by atoms with E-state index in [9.17, 15) is 19.5 Å². The highest BCUT2D eigenvalue weighted by atomic mass is 16.5. The molecule has 0 saturated carbocycles. The van der Waals surface area contributed by atoms with E-state index < -0.39 is 18.0 Å². The van der Waals surface area contributed by atoms with Gasteiger partial charge in [-0.05, 0) is 57.7 Å². The number of ether oxygens (including phenoxy) is 3. The van der Waals surface area contributed by atoms with Gasteiger partial charge in [0.25, 0.3) is 0 Å². The number of carbonyl (C=O) groups is 3. The molecule has 1 atom stereocenters. The van der Waals surface area contributed by atoms with E-state index in [2.05, 4.69) is 19.9 Å². The molecular weight excluding hydrogens is 460 g/mol. The van der Waals surface area contributed by atoms with Crippen LogP contribution in [-0.4, -0.2) is 22.8 Å². The maximum atomic E-state index is 13.1. The number of ketones is 1. The van der Waals surface area contributed by atoms with Gasteiger partial charge in [-0.15, -0.1) is 0 Å². The van der Waals surface area contributed by atoms with Crippen molar-refractivity contribution in [2.75, 3.05) is 0 Å². The summed E-state index contributed by atoms with van der Waals surface area (Å²) in [6, 6.07) is 8.17. The Bertz CT molecular complexity index is 1220. The van der Waals surface area contributed by atoms with Crippen LogP contribution in [0.4, 0.5) is 0 Å². The molecule has 0 amide bonds. The van der Waals surface area contributed by atoms with E-state index in [1.807, 2.05) is 13.0 Å². The van der Waals surface area contributed by atoms with E-state index >= 15 is 0 Å². The Kier molecular flexibility index (Phi) is 8.69. The molecule has 0 spiro atoms. The van der Waals surface area contributed by atoms with Crippen molar-refractivity contribution in [2.45, 2.75) is 66.4 Å². The quantitative estimate of drug-likeness (QED) is 0.267. The van der Waals surface area contributed by atoms with Crippen LogP contribution >= 0.6 is 0 Å². The van der Waals surface area contributed by atoms with Crippen LogP contribution in [0.25, 0.3) is 0 Å². The van der Waals surface area contributed by atoms with Crippen LogP contribution in [0.3, 0.4) is 0 Å². The number of esters is 2. The number of phenolic OH excluding ortho intramolecular Hbond substituents is 1. The van der Waals surface area contributed by atoms with Gasteiger partial charge in [0.2, 0.25) is 0 Å². The molecule has 36 heavy (non-hydrogen) atoms. The number of benzene rings is 2. The number of rotatable bonds is 8. The Morgan fingerprint density at radius 3 is 2.31 bits per heavy atom. The van der Waals surface area contributed by atoms with Crippen molar-refractivity contribution in [3.8, 4) is 23.0 Å². The van der Waals surface area contributed by atoms with Gasteiger partial charge in [-0.25, -0.2) is 0 Å². The predicted molar refractivity (Wildman–Crippen MR) is 136 cm³/mol. The second-order valence-electron chi connectivity index (χ2n) is 9.14. The summed E-state index contributed by atoms with van der Waals surface area (Å²) in [5.74, 6) is -0.777. The van der Waals surface area contributed by atoms with Gasteiger partial charge < -0.3 is 19.3 Å². The average Bonchev–Trinajstić information content (AvgIpc) is 2.77. The minimum absolute atomic E-state index is 0.0252. The fraction of sp³-hybridized carbons (Fsp3) is 0.345. The molecule has 2 aromatic rings. The maximum Gasteiger partial charge on any atom is 0.308 e. The van der Waals surface area contributed by atoms with E-state index in [1.54, 1.807) is 24.3 Å². The zero-order valence-electron chi connectivity index (χ0n) is 21.3. The number of aromatic hydroxyl groups is 1. The van der Waals surface area contributed by atoms with Gasteiger partial charge in [-0.2, -0.15) is 0 Å². The van der Waals surface area contributed by atoms with Gasteiger partial charge in [0.15, 0.2) is 5.78 Å². The minimum Gasteiger partial charge on any atom is -0.507 e. The van der Waals surface area contributed by atoms with E-state index in [-0.39, 0.29) is 35.0 Å². The molecule has 0 radical (unpaired) electrons. The third-order valence-corrected chi connectivity index (χ3v) is 5.76. The SMILES string of the molecule is CC(=O)Oc1ccc(C2CC(=O)c3c(cc(OC(C)=O)c(C/C=C(\C)CCC=C(C)C)c3O)O2)cc1. The molecule has 0 fully saturated rings. The smallest absolute Gasteiger partial charge is 0.308 e. The Labute approximate surface area is 211 Å². The van der Waals surface area contributed by atoms with Crippen LogP contribution in [0, 0.1) is 0 Å². The zero-order chi connectivity index (χ0) is 26.4. The Balaban J connectivity index is 1.90. The second-order valence-corrected chi connectivity index (χ2v) is 9.14. The van der Waals surface area contributed by atoms with E-state index in [0.29, 0.717) is 23.3 Å². The molecule has 0 aromatic heterocycles. The average molecular weight is 493 g/mol. The third kappa shape index (κ3) is 6.84. The van der Waals surface area contributed by atoms with Gasteiger partial charge in [0.05, 0.1) is 6.42 Å². The van der Waals surface area contributed by atoms with E-state index in [0.717, 1.165) is 18.4 Å². The van der Waals surface area contributed by atoms with Gasteiger partial charge in [0, 0.05) is 25.5 Å². The predicted octanol–water partition coefficient (Wildman–Crippen LogP) is 6.18. The number of carbonyl (C=O) groups excluding carboxylic acids is 3. The monoisotopic (exact) mass is 492 g/mol. The molecule has 0 bridgehead atoms. The molecule has 0 aliphatic carbocycles. The summed E-state index contributed by atoms with van der Waals surface area (Å²) in [4.78, 5) is 36.0. The van der Waals surface area contributed by atoms with Gasteiger partial charge in [-0.3, -0.25) is 14.4 Å². The number of Topliss-reactive ketones (excluding diaryl/α,β-unsaturated/α-hetero) is 1. The molecule has 7 heteroatoms. The van der Waals surface area contributed by atoms with E-state index in [1.165, 1.54) is 25.5 Å². The van der Waals surface area contributed by atoms with Gasteiger partial charge in [0.1, 0.15) is 34.7 Å². The molecule has 2 aromatic carbocycles. The molecule has 1 aliphatic heterocycles. The summed E-state index contributed by atoms with van der Waals surface area (Å²) in [6.07, 6.45) is 5.62. The van der Waals surface area contributed by atoms with Gasteiger partial charge in [-0.1, -0.05) is 35.4 Å². The molecule has 1 heterocycles. The van der Waals surface area contributed by atoms with Crippen molar-refractivity contribution in [1.29, 1.82) is 0 Å². The van der Waals surface area contributed by atoms with Crippen molar-refractivity contribution in [2.24, 2.45) is 0 Å². The van der Waals surface area contributed by atoms with Crippen LogP contribution < -0.4 is 14.2 Å². The van der Waals surface area contributed by atoms with Crippen molar-refractivity contribution in [3.05, 3.63) is 70.3 Å². The Hall–Kier alpha value is -3.87. The molecule has 0 saturated heterocycles. The largest absolute Gasteiger partial charge is 0.507 e. The molecular formula is C29H32O7. The molecule has 3 rings (SSSR count). The van der Waals surface area contributed by atoms with Crippen molar-refractivity contribution in [1.82, 2.24) is 0 Å². The number of fused-ring (bicyclic) bond motifs is 1. The first-order chi connectivity index (χ1) is 17.0. The Morgan fingerprint density at radius 2 is 1.69 bits per heavy atom. The normalized spacial score (nSPS) is 15.0. The molecule has 1 unspecified atom stereocenters. The molecule has 1 aliphatic rings. The fourth-order valence-corrected chi connectivity index (χ4v) is 4.00. The van der Waals surface area contributed by atoms with E-state index in [4.69, 9.17) is 14.2 Å². The summed E-state index contributed by atoms with van der Waals surface area (Å²) in [5.41, 5.74) is 3.54. The lowest BCUT2D eigenvalue weighted by Crippen LogP contribution is -2.21. The fourth-order valence-electron chi connectivity index (χ4n) is 4.00. The van der Waals surface area contributed by atoms with Crippen LogP contribution in [0.15, 0.2) is 53.6 Å².